The number of amides is 2. The quantitative estimate of drug-likeness (QED) is 0.822. The van der Waals surface area contributed by atoms with Gasteiger partial charge in [-0.05, 0) is 60.8 Å². The SMILES string of the molecule is CC(C)(C)OC(=O)N[C@H]1CCC[C@@H]1NC(=O)OC(C)(C)C. The third kappa shape index (κ3) is 7.20. The molecule has 0 bridgehead atoms. The number of rotatable bonds is 2. The van der Waals surface area contributed by atoms with Crippen LogP contribution in [0.5, 0.6) is 0 Å². The molecule has 0 aromatic carbocycles. The molecular weight excluding hydrogens is 272 g/mol. The van der Waals surface area contributed by atoms with Gasteiger partial charge in [0.1, 0.15) is 11.2 Å². The molecule has 0 aromatic heterocycles. The molecule has 2 amide bonds. The number of carbonyl (C=O) groups is 2. The van der Waals surface area contributed by atoms with E-state index >= 15 is 0 Å². The van der Waals surface area contributed by atoms with Gasteiger partial charge in [0.15, 0.2) is 0 Å². The first-order chi connectivity index (χ1) is 9.46. The van der Waals surface area contributed by atoms with E-state index in [0.717, 1.165) is 19.3 Å². The maximum Gasteiger partial charge on any atom is 0.407 e. The first-order valence-corrected chi connectivity index (χ1v) is 7.45. The van der Waals surface area contributed by atoms with Crippen molar-refractivity contribution in [2.75, 3.05) is 0 Å². The fourth-order valence-corrected chi connectivity index (χ4v) is 2.22. The maximum absolute atomic E-state index is 11.8. The van der Waals surface area contributed by atoms with E-state index in [1.54, 1.807) is 0 Å². The summed E-state index contributed by atoms with van der Waals surface area (Å²) in [5.41, 5.74) is -1.06. The van der Waals surface area contributed by atoms with Gasteiger partial charge in [0.25, 0.3) is 0 Å². The summed E-state index contributed by atoms with van der Waals surface area (Å²) in [7, 11) is 0. The standard InChI is InChI=1S/C15H28N2O4/c1-14(2,3)20-12(18)16-10-8-7-9-11(10)17-13(19)21-15(4,5)6/h10-11H,7-9H2,1-6H3,(H,16,18)(H,17,19)/t10-,11-/m0/s1. The van der Waals surface area contributed by atoms with Crippen LogP contribution in [-0.4, -0.2) is 35.5 Å². The number of nitrogens with one attached hydrogen (secondary N) is 2. The van der Waals surface area contributed by atoms with Gasteiger partial charge in [-0.1, -0.05) is 0 Å². The van der Waals surface area contributed by atoms with Crippen molar-refractivity contribution < 1.29 is 19.1 Å². The van der Waals surface area contributed by atoms with Gasteiger partial charge in [-0.2, -0.15) is 0 Å². The normalized spacial score (nSPS) is 22.6. The Morgan fingerprint density at radius 1 is 0.810 bits per heavy atom. The highest BCUT2D eigenvalue weighted by Gasteiger charge is 2.32. The number of hydrogen-bond donors (Lipinski definition) is 2. The van der Waals surface area contributed by atoms with Crippen LogP contribution in [0, 0.1) is 0 Å². The molecular formula is C15H28N2O4. The van der Waals surface area contributed by atoms with Gasteiger partial charge in [0, 0.05) is 0 Å². The smallest absolute Gasteiger partial charge is 0.407 e. The van der Waals surface area contributed by atoms with Crippen LogP contribution in [0.15, 0.2) is 0 Å². The van der Waals surface area contributed by atoms with Gasteiger partial charge in [0.05, 0.1) is 12.1 Å². The third-order valence-electron chi connectivity index (χ3n) is 2.92. The summed E-state index contributed by atoms with van der Waals surface area (Å²) in [6, 6.07) is -0.236. The fourth-order valence-electron chi connectivity index (χ4n) is 2.22. The second-order valence-corrected chi connectivity index (χ2v) is 7.44. The predicted molar refractivity (Wildman–Crippen MR) is 80.2 cm³/mol. The molecule has 21 heavy (non-hydrogen) atoms. The number of carbonyl (C=O) groups excluding carboxylic acids is 2. The van der Waals surface area contributed by atoms with Gasteiger partial charge in [-0.15, -0.1) is 0 Å². The van der Waals surface area contributed by atoms with Crippen LogP contribution in [0.3, 0.4) is 0 Å². The molecule has 1 fully saturated rings. The van der Waals surface area contributed by atoms with E-state index in [0.29, 0.717) is 0 Å². The van der Waals surface area contributed by atoms with Crippen molar-refractivity contribution in [1.82, 2.24) is 10.6 Å². The second kappa shape index (κ2) is 6.54. The van der Waals surface area contributed by atoms with Crippen molar-refractivity contribution in [3.63, 3.8) is 0 Å². The molecule has 6 nitrogen and oxygen atoms in total. The summed E-state index contributed by atoms with van der Waals surface area (Å²) in [4.78, 5) is 23.6. The molecule has 0 radical (unpaired) electrons. The first-order valence-electron chi connectivity index (χ1n) is 7.45. The van der Waals surface area contributed by atoms with E-state index in [-0.39, 0.29) is 12.1 Å². The highest BCUT2D eigenvalue weighted by Crippen LogP contribution is 2.20. The minimum atomic E-state index is -0.531. The van der Waals surface area contributed by atoms with Crippen molar-refractivity contribution >= 4 is 12.2 Å². The van der Waals surface area contributed by atoms with E-state index in [2.05, 4.69) is 10.6 Å². The summed E-state index contributed by atoms with van der Waals surface area (Å²) < 4.78 is 10.5. The first kappa shape index (κ1) is 17.6. The average Bonchev–Trinajstić information content (AvgIpc) is 2.59. The molecule has 0 aliphatic heterocycles. The van der Waals surface area contributed by atoms with Gasteiger partial charge in [0.2, 0.25) is 0 Å². The summed E-state index contributed by atoms with van der Waals surface area (Å²) in [6.07, 6.45) is 1.68. The zero-order chi connectivity index (χ0) is 16.3. The van der Waals surface area contributed by atoms with Gasteiger partial charge < -0.3 is 20.1 Å². The molecule has 1 aliphatic carbocycles. The zero-order valence-electron chi connectivity index (χ0n) is 13.9. The topological polar surface area (TPSA) is 76.7 Å². The van der Waals surface area contributed by atoms with Gasteiger partial charge >= 0.3 is 12.2 Å². The van der Waals surface area contributed by atoms with Crippen LogP contribution >= 0.6 is 0 Å². The average molecular weight is 300 g/mol. The molecule has 2 N–H and O–H groups in total. The Bertz CT molecular complexity index is 346. The summed E-state index contributed by atoms with van der Waals surface area (Å²) in [5, 5.41) is 5.64. The third-order valence-corrected chi connectivity index (χ3v) is 2.92. The Labute approximate surface area is 126 Å². The van der Waals surface area contributed by atoms with E-state index in [1.165, 1.54) is 0 Å². The molecule has 2 atom stereocenters. The maximum atomic E-state index is 11.8. The second-order valence-electron chi connectivity index (χ2n) is 7.44. The Morgan fingerprint density at radius 3 is 1.43 bits per heavy atom. The molecule has 1 aliphatic rings. The minimum absolute atomic E-state index is 0.118. The highest BCUT2D eigenvalue weighted by molar-refractivity contribution is 5.70. The Kier molecular flexibility index (Phi) is 5.48. The van der Waals surface area contributed by atoms with Gasteiger partial charge in [-0.25, -0.2) is 9.59 Å². The Balaban J connectivity index is 2.48. The van der Waals surface area contributed by atoms with Crippen LogP contribution in [-0.2, 0) is 9.47 Å². The largest absolute Gasteiger partial charge is 0.444 e. The number of hydrogen-bond acceptors (Lipinski definition) is 4. The molecule has 1 saturated carbocycles. The van der Waals surface area contributed by atoms with Crippen molar-refractivity contribution in [2.24, 2.45) is 0 Å². The lowest BCUT2D eigenvalue weighted by Gasteiger charge is -2.26. The Hall–Kier alpha value is -1.46. The van der Waals surface area contributed by atoms with Crippen LogP contribution in [0.1, 0.15) is 60.8 Å². The molecule has 0 heterocycles. The van der Waals surface area contributed by atoms with E-state index in [1.807, 2.05) is 41.5 Å². The van der Waals surface area contributed by atoms with E-state index in [4.69, 9.17) is 9.47 Å². The van der Waals surface area contributed by atoms with Gasteiger partial charge in [-0.3, -0.25) is 0 Å². The molecule has 6 heteroatoms. The molecule has 1 rings (SSSR count). The number of ether oxygens (including phenoxy) is 2. The van der Waals surface area contributed by atoms with Crippen LogP contribution in [0.2, 0.25) is 0 Å². The van der Waals surface area contributed by atoms with E-state index in [9.17, 15) is 9.59 Å². The molecule has 122 valence electrons. The molecule has 0 saturated heterocycles. The van der Waals surface area contributed by atoms with Crippen LogP contribution in [0.25, 0.3) is 0 Å². The lowest BCUT2D eigenvalue weighted by Crippen LogP contribution is -2.50. The minimum Gasteiger partial charge on any atom is -0.444 e. The van der Waals surface area contributed by atoms with Crippen molar-refractivity contribution in [1.29, 1.82) is 0 Å². The molecule has 0 spiro atoms. The van der Waals surface area contributed by atoms with Crippen LogP contribution < -0.4 is 10.6 Å². The lowest BCUT2D eigenvalue weighted by molar-refractivity contribution is 0.0441. The fraction of sp³-hybridized carbons (Fsp3) is 0.867. The van der Waals surface area contributed by atoms with Crippen molar-refractivity contribution in [2.45, 2.75) is 84.1 Å². The number of alkyl carbamates (subject to hydrolysis) is 2. The zero-order valence-corrected chi connectivity index (χ0v) is 13.9. The van der Waals surface area contributed by atoms with Crippen molar-refractivity contribution in [3.8, 4) is 0 Å². The van der Waals surface area contributed by atoms with Crippen LogP contribution in [0.4, 0.5) is 9.59 Å². The summed E-state index contributed by atoms with van der Waals surface area (Å²) >= 11 is 0. The van der Waals surface area contributed by atoms with E-state index < -0.39 is 23.4 Å². The summed E-state index contributed by atoms with van der Waals surface area (Å²) in [5.74, 6) is 0. The molecule has 0 aromatic rings. The Morgan fingerprint density at radius 2 is 1.14 bits per heavy atom. The highest BCUT2D eigenvalue weighted by atomic mass is 16.6. The van der Waals surface area contributed by atoms with Crippen molar-refractivity contribution in [3.05, 3.63) is 0 Å². The molecule has 0 unspecified atom stereocenters. The summed E-state index contributed by atoms with van der Waals surface area (Å²) in [6.45, 7) is 10.9. The monoisotopic (exact) mass is 300 g/mol. The predicted octanol–water partition coefficient (Wildman–Crippen LogP) is 2.96. The lowest BCUT2D eigenvalue weighted by atomic mass is 10.1.